The van der Waals surface area contributed by atoms with Crippen LogP contribution >= 0.6 is 23.1 Å². The molecule has 2 heterocycles. The van der Waals surface area contributed by atoms with Gasteiger partial charge in [-0.2, -0.15) is 0 Å². The van der Waals surface area contributed by atoms with Gasteiger partial charge in [-0.25, -0.2) is 0 Å². The van der Waals surface area contributed by atoms with E-state index in [0.29, 0.717) is 12.3 Å². The van der Waals surface area contributed by atoms with E-state index in [0.717, 1.165) is 21.9 Å². The Morgan fingerprint density at radius 2 is 1.96 bits per heavy atom. The first-order valence-corrected chi connectivity index (χ1v) is 9.72. The van der Waals surface area contributed by atoms with Crippen molar-refractivity contribution in [3.8, 4) is 10.6 Å². The predicted octanol–water partition coefficient (Wildman–Crippen LogP) is 4.36. The van der Waals surface area contributed by atoms with Gasteiger partial charge in [0.2, 0.25) is 5.91 Å². The summed E-state index contributed by atoms with van der Waals surface area (Å²) in [6.07, 6.45) is 1.79. The lowest BCUT2D eigenvalue weighted by molar-refractivity contribution is -0.118. The number of rotatable bonds is 7. The first-order chi connectivity index (χ1) is 11.8. The Labute approximate surface area is 150 Å². The lowest BCUT2D eigenvalue weighted by Crippen LogP contribution is -2.25. The molecular weight excluding hydrogens is 336 g/mol. The average molecular weight is 355 g/mol. The highest BCUT2D eigenvalue weighted by Crippen LogP contribution is 2.25. The lowest BCUT2D eigenvalue weighted by Gasteiger charge is -2.09. The van der Waals surface area contributed by atoms with E-state index in [1.807, 2.05) is 47.8 Å². The maximum atomic E-state index is 12.1. The van der Waals surface area contributed by atoms with Crippen LogP contribution in [-0.4, -0.2) is 16.6 Å². The fourth-order valence-corrected chi connectivity index (χ4v) is 3.87. The zero-order valence-electron chi connectivity index (χ0n) is 13.1. The van der Waals surface area contributed by atoms with Crippen LogP contribution in [0.4, 0.5) is 0 Å². The standard InChI is InChI=1S/C19H18N2OS2/c22-18(14-23-13-15-6-2-1-3-7-15)21-12-16-8-4-10-20-19(16)17-9-5-11-24-17/h1-11H,12-14H2,(H,21,22). The van der Waals surface area contributed by atoms with Gasteiger partial charge in [-0.05, 0) is 28.6 Å². The van der Waals surface area contributed by atoms with Gasteiger partial charge in [-0.15, -0.1) is 23.1 Å². The van der Waals surface area contributed by atoms with Crippen LogP contribution in [0, 0.1) is 0 Å². The maximum absolute atomic E-state index is 12.1. The Hall–Kier alpha value is -2.11. The molecule has 24 heavy (non-hydrogen) atoms. The molecule has 0 unspecified atom stereocenters. The minimum atomic E-state index is 0.0527. The Balaban J connectivity index is 1.50. The van der Waals surface area contributed by atoms with Crippen LogP contribution in [0.3, 0.4) is 0 Å². The van der Waals surface area contributed by atoms with Crippen LogP contribution in [0.5, 0.6) is 0 Å². The lowest BCUT2D eigenvalue weighted by atomic mass is 10.1. The first-order valence-electron chi connectivity index (χ1n) is 7.69. The molecule has 0 saturated heterocycles. The molecule has 3 rings (SSSR count). The van der Waals surface area contributed by atoms with Crippen molar-refractivity contribution in [3.63, 3.8) is 0 Å². The van der Waals surface area contributed by atoms with Crippen LogP contribution in [0.2, 0.25) is 0 Å². The number of carbonyl (C=O) groups is 1. The Kier molecular flexibility index (Phi) is 6.04. The van der Waals surface area contributed by atoms with E-state index < -0.39 is 0 Å². The monoisotopic (exact) mass is 354 g/mol. The van der Waals surface area contributed by atoms with Crippen molar-refractivity contribution in [2.24, 2.45) is 0 Å². The van der Waals surface area contributed by atoms with Crippen molar-refractivity contribution in [3.05, 3.63) is 77.3 Å². The molecule has 0 saturated carbocycles. The fourth-order valence-electron chi connectivity index (χ4n) is 2.30. The zero-order chi connectivity index (χ0) is 16.6. The summed E-state index contributed by atoms with van der Waals surface area (Å²) >= 11 is 3.28. The highest BCUT2D eigenvalue weighted by atomic mass is 32.2. The van der Waals surface area contributed by atoms with Gasteiger partial charge >= 0.3 is 0 Å². The summed E-state index contributed by atoms with van der Waals surface area (Å²) in [5, 5.41) is 5.03. The van der Waals surface area contributed by atoms with E-state index in [-0.39, 0.29) is 5.91 Å². The zero-order valence-corrected chi connectivity index (χ0v) is 14.8. The minimum Gasteiger partial charge on any atom is -0.351 e. The summed E-state index contributed by atoms with van der Waals surface area (Å²) in [5.74, 6) is 1.36. The largest absolute Gasteiger partial charge is 0.351 e. The number of thioether (sulfide) groups is 1. The number of nitrogens with one attached hydrogen (secondary N) is 1. The predicted molar refractivity (Wildman–Crippen MR) is 102 cm³/mol. The summed E-state index contributed by atoms with van der Waals surface area (Å²) in [7, 11) is 0. The highest BCUT2D eigenvalue weighted by molar-refractivity contribution is 7.99. The van der Waals surface area contributed by atoms with Crippen LogP contribution in [0.25, 0.3) is 10.6 Å². The van der Waals surface area contributed by atoms with Crippen molar-refractivity contribution >= 4 is 29.0 Å². The number of benzene rings is 1. The third-order valence-electron chi connectivity index (χ3n) is 3.47. The number of pyridine rings is 1. The number of nitrogens with zero attached hydrogens (tertiary/aromatic N) is 1. The van der Waals surface area contributed by atoms with Crippen molar-refractivity contribution in [2.75, 3.05) is 5.75 Å². The molecule has 0 fully saturated rings. The van der Waals surface area contributed by atoms with E-state index in [9.17, 15) is 4.79 Å². The summed E-state index contributed by atoms with van der Waals surface area (Å²) < 4.78 is 0. The summed E-state index contributed by atoms with van der Waals surface area (Å²) in [6.45, 7) is 0.506. The molecule has 3 nitrogen and oxygen atoms in total. The molecule has 0 radical (unpaired) electrons. The van der Waals surface area contributed by atoms with Gasteiger partial charge < -0.3 is 5.32 Å². The molecule has 122 valence electrons. The summed E-state index contributed by atoms with van der Waals surface area (Å²) in [6, 6.07) is 18.2. The van der Waals surface area contributed by atoms with Crippen molar-refractivity contribution in [1.82, 2.24) is 10.3 Å². The summed E-state index contributed by atoms with van der Waals surface area (Å²) in [5.41, 5.74) is 3.23. The van der Waals surface area contributed by atoms with Crippen LogP contribution in [-0.2, 0) is 17.1 Å². The van der Waals surface area contributed by atoms with Crippen molar-refractivity contribution in [2.45, 2.75) is 12.3 Å². The molecule has 0 aliphatic heterocycles. The number of hydrogen-bond acceptors (Lipinski definition) is 4. The van der Waals surface area contributed by atoms with E-state index >= 15 is 0 Å². The molecule has 0 spiro atoms. The first kappa shape index (κ1) is 16.7. The molecular formula is C19H18N2OS2. The van der Waals surface area contributed by atoms with Gasteiger partial charge in [0.05, 0.1) is 16.3 Å². The number of carbonyl (C=O) groups excluding carboxylic acids is 1. The molecule has 3 aromatic rings. The van der Waals surface area contributed by atoms with Crippen molar-refractivity contribution in [1.29, 1.82) is 0 Å². The van der Waals surface area contributed by atoms with Gasteiger partial charge in [0.1, 0.15) is 0 Å². The molecule has 0 aliphatic carbocycles. The molecule has 1 aromatic carbocycles. The van der Waals surface area contributed by atoms with E-state index in [1.54, 1.807) is 29.3 Å². The van der Waals surface area contributed by atoms with Crippen LogP contribution < -0.4 is 5.32 Å². The van der Waals surface area contributed by atoms with Gasteiger partial charge in [-0.1, -0.05) is 42.5 Å². The maximum Gasteiger partial charge on any atom is 0.230 e. The molecule has 0 atom stereocenters. The Bertz CT molecular complexity index is 773. The van der Waals surface area contributed by atoms with Crippen molar-refractivity contribution < 1.29 is 4.79 Å². The molecule has 0 aliphatic rings. The second-order valence-corrected chi connectivity index (χ2v) is 7.18. The third kappa shape index (κ3) is 4.69. The molecule has 5 heteroatoms. The summed E-state index contributed by atoms with van der Waals surface area (Å²) in [4.78, 5) is 17.6. The van der Waals surface area contributed by atoms with Crippen LogP contribution in [0.1, 0.15) is 11.1 Å². The topological polar surface area (TPSA) is 42.0 Å². The Morgan fingerprint density at radius 1 is 1.08 bits per heavy atom. The number of amides is 1. The van der Waals surface area contributed by atoms with E-state index in [1.165, 1.54) is 5.56 Å². The number of thiophene rings is 1. The molecule has 1 N–H and O–H groups in total. The average Bonchev–Trinajstić information content (AvgIpc) is 3.16. The second-order valence-electron chi connectivity index (χ2n) is 5.24. The fraction of sp³-hybridized carbons (Fsp3) is 0.158. The van der Waals surface area contributed by atoms with Crippen LogP contribution in [0.15, 0.2) is 66.2 Å². The normalized spacial score (nSPS) is 10.5. The smallest absolute Gasteiger partial charge is 0.230 e. The number of hydrogen-bond donors (Lipinski definition) is 1. The number of aromatic nitrogens is 1. The minimum absolute atomic E-state index is 0.0527. The van der Waals surface area contributed by atoms with Gasteiger partial charge in [-0.3, -0.25) is 9.78 Å². The highest BCUT2D eigenvalue weighted by Gasteiger charge is 2.08. The quantitative estimate of drug-likeness (QED) is 0.685. The third-order valence-corrected chi connectivity index (χ3v) is 5.35. The van der Waals surface area contributed by atoms with Gasteiger partial charge in [0, 0.05) is 18.5 Å². The Morgan fingerprint density at radius 3 is 2.75 bits per heavy atom. The molecule has 2 aromatic heterocycles. The molecule has 1 amide bonds. The second kappa shape index (κ2) is 8.66. The SMILES string of the molecule is O=C(CSCc1ccccc1)NCc1cccnc1-c1cccs1. The van der Waals surface area contributed by atoms with E-state index in [2.05, 4.69) is 22.4 Å². The van der Waals surface area contributed by atoms with Gasteiger partial charge in [0.25, 0.3) is 0 Å². The van der Waals surface area contributed by atoms with Gasteiger partial charge in [0.15, 0.2) is 0 Å². The van der Waals surface area contributed by atoms with E-state index in [4.69, 9.17) is 0 Å². The molecule has 0 bridgehead atoms.